The van der Waals surface area contributed by atoms with Gasteiger partial charge in [-0.3, -0.25) is 10.1 Å². The Morgan fingerprint density at radius 1 is 1.17 bits per heavy atom. The monoisotopic (exact) mass is 384 g/mol. The van der Waals surface area contributed by atoms with Crippen LogP contribution in [-0.2, 0) is 6.42 Å². The maximum atomic E-state index is 10.8. The zero-order chi connectivity index (χ0) is 16.7. The summed E-state index contributed by atoms with van der Waals surface area (Å²) >= 11 is 3.59. The minimum atomic E-state index is -0.401. The average Bonchev–Trinajstić information content (AvgIpc) is 3.18. The number of benzene rings is 2. The summed E-state index contributed by atoms with van der Waals surface area (Å²) in [5.74, 6) is 0.953. The van der Waals surface area contributed by atoms with Gasteiger partial charge >= 0.3 is 0 Å². The standard InChI is InChI=1S/C17H13BrN4O2/c18-15-4-2-1-3-13(15)16-14-9-10-19-17(14)21(20-16)11-5-7-12(8-6-11)22(23)24/h1-8,19H,9-10H2. The number of halogens is 1. The second-order valence-corrected chi connectivity index (χ2v) is 6.37. The Morgan fingerprint density at radius 2 is 1.92 bits per heavy atom. The molecule has 120 valence electrons. The van der Waals surface area contributed by atoms with E-state index in [1.807, 2.05) is 28.9 Å². The molecule has 4 rings (SSSR count). The predicted molar refractivity (Wildman–Crippen MR) is 95.5 cm³/mol. The molecule has 7 heteroatoms. The number of hydrogen-bond donors (Lipinski definition) is 1. The van der Waals surface area contributed by atoms with Crippen LogP contribution in [0.3, 0.4) is 0 Å². The predicted octanol–water partition coefficient (Wildman–Crippen LogP) is 4.18. The molecule has 0 radical (unpaired) electrons. The molecule has 0 amide bonds. The number of anilines is 1. The summed E-state index contributed by atoms with van der Waals surface area (Å²) in [6.07, 6.45) is 0.902. The van der Waals surface area contributed by atoms with E-state index in [0.29, 0.717) is 0 Å². The molecule has 1 aliphatic heterocycles. The first-order valence-corrected chi connectivity index (χ1v) is 8.30. The fourth-order valence-corrected chi connectivity index (χ4v) is 3.42. The van der Waals surface area contributed by atoms with Gasteiger partial charge in [0.25, 0.3) is 5.69 Å². The normalized spacial score (nSPS) is 12.7. The third-order valence-corrected chi connectivity index (χ3v) is 4.78. The molecule has 2 heterocycles. The lowest BCUT2D eigenvalue weighted by Crippen LogP contribution is -2.04. The van der Waals surface area contributed by atoms with Gasteiger partial charge in [0.1, 0.15) is 5.82 Å². The van der Waals surface area contributed by atoms with Crippen LogP contribution < -0.4 is 5.32 Å². The third kappa shape index (κ3) is 2.37. The van der Waals surface area contributed by atoms with Gasteiger partial charge < -0.3 is 5.32 Å². The number of aromatic nitrogens is 2. The molecular formula is C17H13BrN4O2. The first-order chi connectivity index (χ1) is 11.6. The van der Waals surface area contributed by atoms with Crippen molar-refractivity contribution in [2.75, 3.05) is 11.9 Å². The van der Waals surface area contributed by atoms with Crippen molar-refractivity contribution in [2.24, 2.45) is 0 Å². The van der Waals surface area contributed by atoms with Crippen LogP contribution in [0.5, 0.6) is 0 Å². The van der Waals surface area contributed by atoms with Crippen molar-refractivity contribution in [3.8, 4) is 16.9 Å². The van der Waals surface area contributed by atoms with Crippen LogP contribution in [0, 0.1) is 10.1 Å². The summed E-state index contributed by atoms with van der Waals surface area (Å²) in [6.45, 7) is 0.859. The van der Waals surface area contributed by atoms with Crippen LogP contribution in [0.4, 0.5) is 11.5 Å². The number of nitro groups is 1. The molecule has 0 aliphatic carbocycles. The lowest BCUT2D eigenvalue weighted by molar-refractivity contribution is -0.384. The van der Waals surface area contributed by atoms with Crippen LogP contribution >= 0.6 is 15.9 Å². The molecule has 0 saturated carbocycles. The summed E-state index contributed by atoms with van der Waals surface area (Å²) < 4.78 is 2.81. The van der Waals surface area contributed by atoms with E-state index in [4.69, 9.17) is 5.10 Å². The zero-order valence-corrected chi connectivity index (χ0v) is 14.2. The van der Waals surface area contributed by atoms with E-state index in [0.717, 1.165) is 40.2 Å². The van der Waals surface area contributed by atoms with Crippen LogP contribution in [0.1, 0.15) is 5.56 Å². The van der Waals surface area contributed by atoms with Crippen molar-refractivity contribution in [2.45, 2.75) is 6.42 Å². The van der Waals surface area contributed by atoms with E-state index in [1.165, 1.54) is 17.7 Å². The highest BCUT2D eigenvalue weighted by molar-refractivity contribution is 9.10. The molecule has 1 N–H and O–H groups in total. The van der Waals surface area contributed by atoms with Crippen LogP contribution in [0.2, 0.25) is 0 Å². The molecule has 0 spiro atoms. The Balaban J connectivity index is 1.85. The highest BCUT2D eigenvalue weighted by Crippen LogP contribution is 2.37. The number of fused-ring (bicyclic) bond motifs is 1. The van der Waals surface area contributed by atoms with Crippen LogP contribution in [0.15, 0.2) is 53.0 Å². The van der Waals surface area contributed by atoms with Gasteiger partial charge in [-0.05, 0) is 24.6 Å². The lowest BCUT2D eigenvalue weighted by Gasteiger charge is -2.06. The molecule has 24 heavy (non-hydrogen) atoms. The number of hydrogen-bond acceptors (Lipinski definition) is 4. The number of rotatable bonds is 3. The summed E-state index contributed by atoms with van der Waals surface area (Å²) in [5, 5.41) is 19.0. The number of nitro benzene ring substituents is 1. The summed E-state index contributed by atoms with van der Waals surface area (Å²) in [5.41, 5.74) is 4.00. The van der Waals surface area contributed by atoms with Gasteiger partial charge in [0.2, 0.25) is 0 Å². The van der Waals surface area contributed by atoms with Crippen LogP contribution in [-0.4, -0.2) is 21.2 Å². The van der Waals surface area contributed by atoms with E-state index < -0.39 is 4.92 Å². The number of nitrogens with zero attached hydrogens (tertiary/aromatic N) is 3. The summed E-state index contributed by atoms with van der Waals surface area (Å²) in [4.78, 5) is 10.4. The van der Waals surface area contributed by atoms with E-state index >= 15 is 0 Å². The van der Waals surface area contributed by atoms with Gasteiger partial charge in [-0.25, -0.2) is 4.68 Å². The van der Waals surface area contributed by atoms with Gasteiger partial charge in [-0.1, -0.05) is 34.1 Å². The van der Waals surface area contributed by atoms with Gasteiger partial charge in [-0.2, -0.15) is 5.10 Å². The zero-order valence-electron chi connectivity index (χ0n) is 12.6. The number of nitrogens with one attached hydrogen (secondary N) is 1. The SMILES string of the molecule is O=[N+]([O-])c1ccc(-n2nc(-c3ccccc3Br)c3c2NCC3)cc1. The Bertz CT molecular complexity index is 934. The minimum absolute atomic E-state index is 0.0709. The van der Waals surface area contributed by atoms with Crippen molar-refractivity contribution >= 4 is 27.4 Å². The van der Waals surface area contributed by atoms with E-state index in [2.05, 4.69) is 21.2 Å². The minimum Gasteiger partial charge on any atom is -0.369 e. The number of non-ortho nitro benzene ring substituents is 1. The lowest BCUT2D eigenvalue weighted by atomic mass is 10.1. The highest BCUT2D eigenvalue weighted by atomic mass is 79.9. The molecule has 1 aromatic heterocycles. The van der Waals surface area contributed by atoms with Gasteiger partial charge in [0, 0.05) is 34.3 Å². The summed E-state index contributed by atoms with van der Waals surface area (Å²) in [6, 6.07) is 14.4. The Hall–Kier alpha value is -2.67. The molecule has 0 unspecified atom stereocenters. The quantitative estimate of drug-likeness (QED) is 0.542. The van der Waals surface area contributed by atoms with Gasteiger partial charge in [-0.15, -0.1) is 0 Å². The first-order valence-electron chi connectivity index (χ1n) is 7.50. The molecule has 0 fully saturated rings. The van der Waals surface area contributed by atoms with E-state index in [9.17, 15) is 10.1 Å². The third-order valence-electron chi connectivity index (χ3n) is 4.09. The van der Waals surface area contributed by atoms with Crippen molar-refractivity contribution < 1.29 is 4.92 Å². The maximum absolute atomic E-state index is 10.8. The van der Waals surface area contributed by atoms with Crippen molar-refractivity contribution in [1.29, 1.82) is 0 Å². The van der Waals surface area contributed by atoms with Crippen molar-refractivity contribution in [1.82, 2.24) is 9.78 Å². The smallest absolute Gasteiger partial charge is 0.269 e. The molecule has 0 atom stereocenters. The fraction of sp³-hybridized carbons (Fsp3) is 0.118. The molecular weight excluding hydrogens is 372 g/mol. The second-order valence-electron chi connectivity index (χ2n) is 5.52. The van der Waals surface area contributed by atoms with Gasteiger partial charge in [0.05, 0.1) is 16.3 Å². The molecule has 0 saturated heterocycles. The Morgan fingerprint density at radius 3 is 2.62 bits per heavy atom. The van der Waals surface area contributed by atoms with E-state index in [-0.39, 0.29) is 5.69 Å². The Labute approximate surface area is 146 Å². The highest BCUT2D eigenvalue weighted by Gasteiger charge is 2.24. The van der Waals surface area contributed by atoms with Crippen LogP contribution in [0.25, 0.3) is 16.9 Å². The fourth-order valence-electron chi connectivity index (χ4n) is 2.95. The summed E-state index contributed by atoms with van der Waals surface area (Å²) in [7, 11) is 0. The Kier molecular flexibility index (Phi) is 3.57. The second kappa shape index (κ2) is 5.76. The maximum Gasteiger partial charge on any atom is 0.269 e. The van der Waals surface area contributed by atoms with E-state index in [1.54, 1.807) is 12.1 Å². The average molecular weight is 385 g/mol. The molecule has 6 nitrogen and oxygen atoms in total. The van der Waals surface area contributed by atoms with Gasteiger partial charge in [0.15, 0.2) is 0 Å². The molecule has 0 bridgehead atoms. The largest absolute Gasteiger partial charge is 0.369 e. The van der Waals surface area contributed by atoms with Crippen molar-refractivity contribution in [3.63, 3.8) is 0 Å². The van der Waals surface area contributed by atoms with Crippen molar-refractivity contribution in [3.05, 3.63) is 68.7 Å². The molecule has 3 aromatic rings. The topological polar surface area (TPSA) is 73.0 Å². The molecule has 1 aliphatic rings. The molecule has 2 aromatic carbocycles. The first kappa shape index (κ1) is 14.9.